The number of aliphatic hydroxyl groups excluding tert-OH is 1. The number of nitrogens with zero attached hydrogens (tertiary/aromatic N) is 1. The topological polar surface area (TPSA) is 41.9 Å². The standard InChI is InChI=1S/C21H25NO3/c1-3-12-25-17-20(23)16-22(14-18-8-5-4-6-9-18)15-19-10-7-11-21(13-19)24-2/h1,4-11,13,20,23H,12,14-17H2,2H3. The lowest BCUT2D eigenvalue weighted by molar-refractivity contribution is 0.0243. The van der Waals surface area contributed by atoms with Gasteiger partial charge in [0.15, 0.2) is 0 Å². The van der Waals surface area contributed by atoms with E-state index in [1.165, 1.54) is 5.56 Å². The minimum Gasteiger partial charge on any atom is -0.497 e. The van der Waals surface area contributed by atoms with E-state index < -0.39 is 6.10 Å². The van der Waals surface area contributed by atoms with Gasteiger partial charge in [0, 0.05) is 19.6 Å². The molecular weight excluding hydrogens is 314 g/mol. The normalized spacial score (nSPS) is 11.9. The van der Waals surface area contributed by atoms with Crippen molar-refractivity contribution in [2.45, 2.75) is 19.2 Å². The second-order valence-electron chi connectivity index (χ2n) is 5.88. The molecule has 1 unspecified atom stereocenters. The fourth-order valence-electron chi connectivity index (χ4n) is 2.66. The fraction of sp³-hybridized carbons (Fsp3) is 0.333. The van der Waals surface area contributed by atoms with Gasteiger partial charge in [-0.25, -0.2) is 0 Å². The van der Waals surface area contributed by atoms with Crippen LogP contribution in [0.2, 0.25) is 0 Å². The van der Waals surface area contributed by atoms with E-state index in [0.717, 1.165) is 17.9 Å². The van der Waals surface area contributed by atoms with E-state index in [4.69, 9.17) is 15.9 Å². The third kappa shape index (κ3) is 6.98. The van der Waals surface area contributed by atoms with Crippen LogP contribution < -0.4 is 4.74 Å². The summed E-state index contributed by atoms with van der Waals surface area (Å²) in [6, 6.07) is 18.2. The number of benzene rings is 2. The largest absolute Gasteiger partial charge is 0.497 e. The molecule has 0 fully saturated rings. The van der Waals surface area contributed by atoms with Crippen LogP contribution in [0.1, 0.15) is 11.1 Å². The van der Waals surface area contributed by atoms with Crippen molar-refractivity contribution >= 4 is 0 Å². The highest BCUT2D eigenvalue weighted by molar-refractivity contribution is 5.28. The van der Waals surface area contributed by atoms with Crippen LogP contribution in [0, 0.1) is 12.3 Å². The molecule has 0 radical (unpaired) electrons. The van der Waals surface area contributed by atoms with Gasteiger partial charge < -0.3 is 14.6 Å². The van der Waals surface area contributed by atoms with E-state index in [1.807, 2.05) is 36.4 Å². The predicted octanol–water partition coefficient (Wildman–Crippen LogP) is 2.71. The Morgan fingerprint density at radius 1 is 1.08 bits per heavy atom. The first-order valence-electron chi connectivity index (χ1n) is 8.29. The van der Waals surface area contributed by atoms with Gasteiger partial charge in [0.2, 0.25) is 0 Å². The molecule has 4 nitrogen and oxygen atoms in total. The van der Waals surface area contributed by atoms with E-state index in [2.05, 4.69) is 29.0 Å². The molecule has 1 N–H and O–H groups in total. The van der Waals surface area contributed by atoms with Crippen LogP contribution in [-0.2, 0) is 17.8 Å². The number of ether oxygens (including phenoxy) is 2. The summed E-state index contributed by atoms with van der Waals surface area (Å²) in [5.74, 6) is 3.24. The predicted molar refractivity (Wildman–Crippen MR) is 99.2 cm³/mol. The molecule has 0 aliphatic carbocycles. The molecule has 2 rings (SSSR count). The van der Waals surface area contributed by atoms with Crippen LogP contribution >= 0.6 is 0 Å². The fourth-order valence-corrected chi connectivity index (χ4v) is 2.66. The molecule has 2 aromatic rings. The Hall–Kier alpha value is -2.32. The Balaban J connectivity index is 2.04. The minimum atomic E-state index is -0.595. The zero-order valence-corrected chi connectivity index (χ0v) is 14.6. The van der Waals surface area contributed by atoms with Gasteiger partial charge in [-0.15, -0.1) is 6.42 Å². The first kappa shape index (κ1) is 19.0. The van der Waals surface area contributed by atoms with Crippen LogP contribution in [0.5, 0.6) is 5.75 Å². The highest BCUT2D eigenvalue weighted by Gasteiger charge is 2.13. The van der Waals surface area contributed by atoms with Gasteiger partial charge in [-0.05, 0) is 23.3 Å². The maximum Gasteiger partial charge on any atom is 0.119 e. The van der Waals surface area contributed by atoms with Crippen molar-refractivity contribution in [2.75, 3.05) is 26.9 Å². The van der Waals surface area contributed by atoms with E-state index >= 15 is 0 Å². The van der Waals surface area contributed by atoms with Crippen LogP contribution in [0.25, 0.3) is 0 Å². The van der Waals surface area contributed by atoms with E-state index in [1.54, 1.807) is 7.11 Å². The van der Waals surface area contributed by atoms with E-state index in [0.29, 0.717) is 13.1 Å². The molecule has 0 aromatic heterocycles. The van der Waals surface area contributed by atoms with Gasteiger partial charge in [0.1, 0.15) is 12.4 Å². The van der Waals surface area contributed by atoms with Crippen molar-refractivity contribution in [1.29, 1.82) is 0 Å². The van der Waals surface area contributed by atoms with Crippen LogP contribution in [-0.4, -0.2) is 43.0 Å². The van der Waals surface area contributed by atoms with Crippen molar-refractivity contribution in [3.8, 4) is 18.1 Å². The zero-order valence-electron chi connectivity index (χ0n) is 14.6. The van der Waals surface area contributed by atoms with Crippen molar-refractivity contribution in [3.05, 3.63) is 65.7 Å². The Bertz CT molecular complexity index is 666. The summed E-state index contributed by atoms with van der Waals surface area (Å²) < 4.78 is 10.5. The maximum atomic E-state index is 10.2. The third-order valence-electron chi connectivity index (χ3n) is 3.75. The lowest BCUT2D eigenvalue weighted by atomic mass is 10.1. The van der Waals surface area contributed by atoms with Crippen LogP contribution in [0.15, 0.2) is 54.6 Å². The summed E-state index contributed by atoms with van der Waals surface area (Å²) in [4.78, 5) is 2.19. The molecule has 2 aromatic carbocycles. The lowest BCUT2D eigenvalue weighted by Crippen LogP contribution is -2.34. The van der Waals surface area contributed by atoms with Gasteiger partial charge in [-0.1, -0.05) is 48.4 Å². The highest BCUT2D eigenvalue weighted by Crippen LogP contribution is 2.16. The molecule has 4 heteroatoms. The molecule has 0 amide bonds. The first-order valence-corrected chi connectivity index (χ1v) is 8.29. The van der Waals surface area contributed by atoms with Crippen molar-refractivity contribution in [1.82, 2.24) is 4.90 Å². The summed E-state index contributed by atoms with van der Waals surface area (Å²) in [5.41, 5.74) is 2.33. The number of hydrogen-bond donors (Lipinski definition) is 1. The zero-order chi connectivity index (χ0) is 17.9. The monoisotopic (exact) mass is 339 g/mol. The molecule has 0 aliphatic rings. The van der Waals surface area contributed by atoms with Crippen molar-refractivity contribution < 1.29 is 14.6 Å². The molecule has 0 aliphatic heterocycles. The summed E-state index contributed by atoms with van der Waals surface area (Å²) in [6.07, 6.45) is 4.57. The maximum absolute atomic E-state index is 10.2. The van der Waals surface area contributed by atoms with Crippen LogP contribution in [0.4, 0.5) is 0 Å². The van der Waals surface area contributed by atoms with Gasteiger partial charge >= 0.3 is 0 Å². The summed E-state index contributed by atoms with van der Waals surface area (Å²) >= 11 is 0. The molecule has 0 saturated carbocycles. The van der Waals surface area contributed by atoms with Crippen LogP contribution in [0.3, 0.4) is 0 Å². The van der Waals surface area contributed by atoms with E-state index in [9.17, 15) is 5.11 Å². The van der Waals surface area contributed by atoms with Gasteiger partial charge in [-0.3, -0.25) is 4.90 Å². The van der Waals surface area contributed by atoms with Crippen molar-refractivity contribution in [3.63, 3.8) is 0 Å². The Morgan fingerprint density at radius 2 is 1.80 bits per heavy atom. The molecule has 1 atom stereocenters. The summed E-state index contributed by atoms with van der Waals surface area (Å²) in [7, 11) is 1.66. The van der Waals surface area contributed by atoms with E-state index in [-0.39, 0.29) is 13.2 Å². The Kier molecular flexibility index (Phi) is 8.00. The number of rotatable bonds is 10. The van der Waals surface area contributed by atoms with Crippen molar-refractivity contribution in [2.24, 2.45) is 0 Å². The molecule has 0 saturated heterocycles. The van der Waals surface area contributed by atoms with Gasteiger partial charge in [-0.2, -0.15) is 0 Å². The molecule has 0 spiro atoms. The minimum absolute atomic E-state index is 0.214. The second kappa shape index (κ2) is 10.5. The average Bonchev–Trinajstić information content (AvgIpc) is 2.63. The number of hydrogen-bond acceptors (Lipinski definition) is 4. The van der Waals surface area contributed by atoms with Gasteiger partial charge in [0.25, 0.3) is 0 Å². The van der Waals surface area contributed by atoms with Gasteiger partial charge in [0.05, 0.1) is 19.8 Å². The molecule has 0 heterocycles. The molecular formula is C21H25NO3. The molecule has 132 valence electrons. The average molecular weight is 339 g/mol. The summed E-state index contributed by atoms with van der Waals surface area (Å²) in [5, 5.41) is 10.2. The number of aliphatic hydroxyl groups is 1. The lowest BCUT2D eigenvalue weighted by Gasteiger charge is -2.25. The Morgan fingerprint density at radius 3 is 2.52 bits per heavy atom. The smallest absolute Gasteiger partial charge is 0.119 e. The number of methoxy groups -OCH3 is 1. The number of terminal acetylenes is 1. The molecule has 0 bridgehead atoms. The third-order valence-corrected chi connectivity index (χ3v) is 3.75. The SMILES string of the molecule is C#CCOCC(O)CN(Cc1ccccc1)Cc1cccc(OC)c1. The second-order valence-corrected chi connectivity index (χ2v) is 5.88. The quantitative estimate of drug-likeness (QED) is 0.534. The highest BCUT2D eigenvalue weighted by atomic mass is 16.5. The molecule has 25 heavy (non-hydrogen) atoms. The summed E-state index contributed by atoms with van der Waals surface area (Å²) in [6.45, 7) is 2.39. The first-order chi connectivity index (χ1) is 12.2. The Labute approximate surface area is 150 Å².